The SMILES string of the molecule is Cc1nn(CCC(=O)NCCCN2CCOCC2)c(C)c1[N+](=O)[O-]. The second-order valence-corrected chi connectivity index (χ2v) is 5.91. The van der Waals surface area contributed by atoms with Crippen molar-refractivity contribution in [1.29, 1.82) is 0 Å². The van der Waals surface area contributed by atoms with Crippen LogP contribution in [0, 0.1) is 24.0 Å². The molecule has 0 bridgehead atoms. The molecule has 1 aromatic rings. The Kier molecular flexibility index (Phi) is 6.68. The van der Waals surface area contributed by atoms with Gasteiger partial charge in [0, 0.05) is 26.1 Å². The Hall–Kier alpha value is -2.00. The number of hydrogen-bond donors (Lipinski definition) is 1. The number of nitrogens with zero attached hydrogens (tertiary/aromatic N) is 4. The highest BCUT2D eigenvalue weighted by Crippen LogP contribution is 2.21. The molecular formula is C15H25N5O4. The lowest BCUT2D eigenvalue weighted by molar-refractivity contribution is -0.386. The molecule has 0 spiro atoms. The molecule has 1 aromatic heterocycles. The van der Waals surface area contributed by atoms with Crippen molar-refractivity contribution in [2.45, 2.75) is 33.2 Å². The summed E-state index contributed by atoms with van der Waals surface area (Å²) in [5.41, 5.74) is 0.891. The fourth-order valence-corrected chi connectivity index (χ4v) is 2.82. The number of rotatable bonds is 8. The maximum absolute atomic E-state index is 11.9. The molecule has 1 aliphatic heterocycles. The molecule has 0 unspecified atom stereocenters. The molecule has 1 amide bonds. The summed E-state index contributed by atoms with van der Waals surface area (Å²) in [5, 5.41) is 18.0. The molecule has 2 heterocycles. The second kappa shape index (κ2) is 8.74. The van der Waals surface area contributed by atoms with Gasteiger partial charge in [-0.25, -0.2) is 0 Å². The van der Waals surface area contributed by atoms with Crippen molar-refractivity contribution in [2.75, 3.05) is 39.4 Å². The van der Waals surface area contributed by atoms with E-state index in [4.69, 9.17) is 4.74 Å². The monoisotopic (exact) mass is 339 g/mol. The Labute approximate surface area is 141 Å². The maximum Gasteiger partial charge on any atom is 0.312 e. The van der Waals surface area contributed by atoms with Crippen LogP contribution < -0.4 is 5.32 Å². The standard InChI is InChI=1S/C15H25N5O4/c1-12-15(20(22)23)13(2)19(17-12)7-4-14(21)16-5-3-6-18-8-10-24-11-9-18/h3-11H2,1-2H3,(H,16,21). The molecule has 0 radical (unpaired) electrons. The molecule has 24 heavy (non-hydrogen) atoms. The molecule has 134 valence electrons. The highest BCUT2D eigenvalue weighted by Gasteiger charge is 2.21. The minimum atomic E-state index is -0.431. The highest BCUT2D eigenvalue weighted by atomic mass is 16.6. The van der Waals surface area contributed by atoms with Gasteiger partial charge in [0.15, 0.2) is 0 Å². The predicted molar refractivity (Wildman–Crippen MR) is 87.9 cm³/mol. The van der Waals surface area contributed by atoms with Gasteiger partial charge in [-0.15, -0.1) is 0 Å². The van der Waals surface area contributed by atoms with Gasteiger partial charge >= 0.3 is 5.69 Å². The zero-order valence-electron chi connectivity index (χ0n) is 14.3. The maximum atomic E-state index is 11.9. The van der Waals surface area contributed by atoms with E-state index in [9.17, 15) is 14.9 Å². The third kappa shape index (κ3) is 5.00. The van der Waals surface area contributed by atoms with E-state index in [-0.39, 0.29) is 18.0 Å². The molecule has 0 aromatic carbocycles. The van der Waals surface area contributed by atoms with Crippen LogP contribution in [0.5, 0.6) is 0 Å². The molecule has 1 N–H and O–H groups in total. The molecule has 2 rings (SSSR count). The first kappa shape index (κ1) is 18.3. The molecular weight excluding hydrogens is 314 g/mol. The van der Waals surface area contributed by atoms with Crippen LogP contribution in [-0.2, 0) is 16.1 Å². The number of ether oxygens (including phenoxy) is 1. The van der Waals surface area contributed by atoms with Crippen molar-refractivity contribution in [3.8, 4) is 0 Å². The van der Waals surface area contributed by atoms with Gasteiger partial charge < -0.3 is 10.1 Å². The molecule has 9 heteroatoms. The summed E-state index contributed by atoms with van der Waals surface area (Å²) in [4.78, 5) is 24.7. The largest absolute Gasteiger partial charge is 0.379 e. The summed E-state index contributed by atoms with van der Waals surface area (Å²) in [6, 6.07) is 0. The highest BCUT2D eigenvalue weighted by molar-refractivity contribution is 5.75. The first-order chi connectivity index (χ1) is 11.5. The molecule has 1 fully saturated rings. The summed E-state index contributed by atoms with van der Waals surface area (Å²) in [5.74, 6) is -0.0628. The van der Waals surface area contributed by atoms with Crippen LogP contribution in [0.1, 0.15) is 24.2 Å². The quantitative estimate of drug-likeness (QED) is 0.423. The Morgan fingerprint density at radius 2 is 2.04 bits per heavy atom. The fraction of sp³-hybridized carbons (Fsp3) is 0.733. The number of carbonyl (C=O) groups is 1. The van der Waals surface area contributed by atoms with Crippen LogP contribution >= 0.6 is 0 Å². The Bertz CT molecular complexity index is 581. The average molecular weight is 339 g/mol. The van der Waals surface area contributed by atoms with Crippen molar-refractivity contribution in [3.05, 3.63) is 21.5 Å². The third-order valence-corrected chi connectivity index (χ3v) is 4.15. The van der Waals surface area contributed by atoms with Gasteiger partial charge in [0.2, 0.25) is 5.91 Å². The summed E-state index contributed by atoms with van der Waals surface area (Å²) in [6.07, 6.45) is 1.16. The van der Waals surface area contributed by atoms with Gasteiger partial charge in [0.1, 0.15) is 11.4 Å². The van der Waals surface area contributed by atoms with Gasteiger partial charge in [-0.05, 0) is 26.8 Å². The molecule has 9 nitrogen and oxygen atoms in total. The zero-order valence-corrected chi connectivity index (χ0v) is 14.3. The van der Waals surface area contributed by atoms with Crippen LogP contribution in [0.15, 0.2) is 0 Å². The van der Waals surface area contributed by atoms with Gasteiger partial charge in [0.05, 0.1) is 24.7 Å². The van der Waals surface area contributed by atoms with E-state index in [1.807, 2.05) is 0 Å². The van der Waals surface area contributed by atoms with Gasteiger partial charge in [0.25, 0.3) is 0 Å². The average Bonchev–Trinajstić information content (AvgIpc) is 2.84. The Morgan fingerprint density at radius 3 is 2.67 bits per heavy atom. The van der Waals surface area contributed by atoms with E-state index < -0.39 is 4.92 Å². The number of nitro groups is 1. The molecule has 1 aliphatic rings. The van der Waals surface area contributed by atoms with Crippen LogP contribution in [0.3, 0.4) is 0 Å². The van der Waals surface area contributed by atoms with E-state index in [2.05, 4.69) is 15.3 Å². The molecule has 0 saturated carbocycles. The smallest absolute Gasteiger partial charge is 0.312 e. The Morgan fingerprint density at radius 1 is 1.33 bits per heavy atom. The predicted octanol–water partition coefficient (Wildman–Crippen LogP) is 0.637. The lowest BCUT2D eigenvalue weighted by Gasteiger charge is -2.26. The molecule has 0 aliphatic carbocycles. The first-order valence-corrected chi connectivity index (χ1v) is 8.24. The fourth-order valence-electron chi connectivity index (χ4n) is 2.82. The first-order valence-electron chi connectivity index (χ1n) is 8.24. The van der Waals surface area contributed by atoms with Crippen molar-refractivity contribution < 1.29 is 14.5 Å². The zero-order chi connectivity index (χ0) is 17.5. The number of aromatic nitrogens is 2. The molecule has 0 atom stereocenters. The van der Waals surface area contributed by atoms with E-state index in [0.717, 1.165) is 39.3 Å². The van der Waals surface area contributed by atoms with Crippen molar-refractivity contribution >= 4 is 11.6 Å². The summed E-state index contributed by atoms with van der Waals surface area (Å²) in [7, 11) is 0. The summed E-state index contributed by atoms with van der Waals surface area (Å²) < 4.78 is 6.82. The van der Waals surface area contributed by atoms with E-state index >= 15 is 0 Å². The van der Waals surface area contributed by atoms with Gasteiger partial charge in [-0.3, -0.25) is 24.5 Å². The topological polar surface area (TPSA) is 103 Å². The number of morpholine rings is 1. The van der Waals surface area contributed by atoms with Crippen molar-refractivity contribution in [3.63, 3.8) is 0 Å². The number of carbonyl (C=O) groups excluding carboxylic acids is 1. The summed E-state index contributed by atoms with van der Waals surface area (Å²) in [6.45, 7) is 8.64. The molecule has 1 saturated heterocycles. The number of nitrogens with one attached hydrogen (secondary N) is 1. The Balaban J connectivity index is 1.68. The van der Waals surface area contributed by atoms with E-state index in [1.165, 1.54) is 4.68 Å². The number of aryl methyl sites for hydroxylation is 2. The lowest BCUT2D eigenvalue weighted by atomic mass is 10.3. The van der Waals surface area contributed by atoms with Gasteiger partial charge in [-0.1, -0.05) is 0 Å². The lowest BCUT2D eigenvalue weighted by Crippen LogP contribution is -2.38. The summed E-state index contributed by atoms with van der Waals surface area (Å²) >= 11 is 0. The van der Waals surface area contributed by atoms with Crippen LogP contribution in [0.2, 0.25) is 0 Å². The minimum absolute atomic E-state index is 0.0286. The van der Waals surface area contributed by atoms with Crippen LogP contribution in [0.4, 0.5) is 5.69 Å². The third-order valence-electron chi connectivity index (χ3n) is 4.15. The number of amides is 1. The van der Waals surface area contributed by atoms with Crippen LogP contribution in [-0.4, -0.2) is 64.9 Å². The van der Waals surface area contributed by atoms with E-state index in [1.54, 1.807) is 13.8 Å². The minimum Gasteiger partial charge on any atom is -0.379 e. The normalized spacial score (nSPS) is 15.4. The second-order valence-electron chi connectivity index (χ2n) is 5.91. The van der Waals surface area contributed by atoms with E-state index in [0.29, 0.717) is 24.5 Å². The van der Waals surface area contributed by atoms with Crippen molar-refractivity contribution in [2.24, 2.45) is 0 Å². The van der Waals surface area contributed by atoms with Crippen molar-refractivity contribution in [1.82, 2.24) is 20.0 Å². The van der Waals surface area contributed by atoms with Crippen LogP contribution in [0.25, 0.3) is 0 Å². The van der Waals surface area contributed by atoms with Gasteiger partial charge in [-0.2, -0.15) is 5.10 Å². The number of hydrogen-bond acceptors (Lipinski definition) is 6.